The van der Waals surface area contributed by atoms with Crippen LogP contribution in [-0.2, 0) is 6.18 Å². The van der Waals surface area contributed by atoms with Gasteiger partial charge in [-0.1, -0.05) is 0 Å². The first-order valence-corrected chi connectivity index (χ1v) is 8.48. The van der Waals surface area contributed by atoms with Crippen LogP contribution in [0.3, 0.4) is 0 Å². The number of nitrogens with zero attached hydrogens (tertiary/aromatic N) is 1. The highest BCUT2D eigenvalue weighted by atomic mass is 19.4. The molecule has 2 aromatic carbocycles. The van der Waals surface area contributed by atoms with Crippen LogP contribution in [0.5, 0.6) is 0 Å². The number of amides is 1. The standard InChI is InChI=1S/C19H17F5N2O/c20-13-5-6-14(15(21)11-13)18(27)25-16-10-12(19(22,23)24)4-7-17(16)26-8-2-1-3-9-26/h4-7,10-11H,1-3,8-9H2,(H,25,27). The number of rotatable bonds is 3. The first kappa shape index (κ1) is 19.1. The first-order chi connectivity index (χ1) is 12.8. The number of hydrogen-bond donors (Lipinski definition) is 1. The van der Waals surface area contributed by atoms with Crippen LogP contribution in [0.2, 0.25) is 0 Å². The molecule has 0 bridgehead atoms. The Balaban J connectivity index is 1.96. The van der Waals surface area contributed by atoms with Crippen molar-refractivity contribution in [1.82, 2.24) is 0 Å². The zero-order valence-corrected chi connectivity index (χ0v) is 14.2. The molecule has 1 amide bonds. The fraction of sp³-hybridized carbons (Fsp3) is 0.316. The highest BCUT2D eigenvalue weighted by molar-refractivity contribution is 6.06. The maximum absolute atomic E-state index is 13.8. The van der Waals surface area contributed by atoms with Crippen molar-refractivity contribution in [3.63, 3.8) is 0 Å². The lowest BCUT2D eigenvalue weighted by atomic mass is 10.1. The molecule has 2 aromatic rings. The van der Waals surface area contributed by atoms with Gasteiger partial charge in [0.15, 0.2) is 0 Å². The summed E-state index contributed by atoms with van der Waals surface area (Å²) in [4.78, 5) is 14.3. The largest absolute Gasteiger partial charge is 0.416 e. The summed E-state index contributed by atoms with van der Waals surface area (Å²) >= 11 is 0. The zero-order chi connectivity index (χ0) is 19.6. The van der Waals surface area contributed by atoms with Gasteiger partial charge in [-0.3, -0.25) is 4.79 Å². The van der Waals surface area contributed by atoms with Crippen LogP contribution in [-0.4, -0.2) is 19.0 Å². The van der Waals surface area contributed by atoms with E-state index in [1.54, 1.807) is 0 Å². The molecule has 1 N–H and O–H groups in total. The quantitative estimate of drug-likeness (QED) is 0.736. The summed E-state index contributed by atoms with van der Waals surface area (Å²) in [5.41, 5.74) is -0.976. The third-order valence-electron chi connectivity index (χ3n) is 4.44. The van der Waals surface area contributed by atoms with Crippen molar-refractivity contribution in [3.8, 4) is 0 Å². The van der Waals surface area contributed by atoms with E-state index >= 15 is 0 Å². The van der Waals surface area contributed by atoms with E-state index in [0.717, 1.165) is 43.5 Å². The summed E-state index contributed by atoms with van der Waals surface area (Å²) < 4.78 is 66.1. The second-order valence-electron chi connectivity index (χ2n) is 6.36. The minimum Gasteiger partial charge on any atom is -0.370 e. The van der Waals surface area contributed by atoms with Crippen molar-refractivity contribution >= 4 is 17.3 Å². The van der Waals surface area contributed by atoms with Gasteiger partial charge in [-0.25, -0.2) is 8.78 Å². The average Bonchev–Trinajstić information content (AvgIpc) is 2.61. The van der Waals surface area contributed by atoms with Gasteiger partial charge in [0.05, 0.1) is 22.5 Å². The molecule has 0 unspecified atom stereocenters. The van der Waals surface area contributed by atoms with Crippen LogP contribution in [0, 0.1) is 11.6 Å². The highest BCUT2D eigenvalue weighted by Crippen LogP contribution is 2.36. The number of alkyl halides is 3. The van der Waals surface area contributed by atoms with E-state index in [2.05, 4.69) is 5.32 Å². The molecular formula is C19H17F5N2O. The molecule has 3 nitrogen and oxygen atoms in total. The van der Waals surface area contributed by atoms with Gasteiger partial charge in [-0.15, -0.1) is 0 Å². The van der Waals surface area contributed by atoms with Crippen LogP contribution >= 0.6 is 0 Å². The number of hydrogen-bond acceptors (Lipinski definition) is 2. The highest BCUT2D eigenvalue weighted by Gasteiger charge is 2.32. The Bertz CT molecular complexity index is 844. The predicted octanol–water partition coefficient (Wildman–Crippen LogP) is 5.23. The van der Waals surface area contributed by atoms with Gasteiger partial charge in [0, 0.05) is 19.2 Å². The van der Waals surface area contributed by atoms with Crippen LogP contribution in [0.4, 0.5) is 33.3 Å². The second kappa shape index (κ2) is 7.54. The number of nitrogens with one attached hydrogen (secondary N) is 1. The Morgan fingerprint density at radius 1 is 0.963 bits per heavy atom. The van der Waals surface area contributed by atoms with E-state index in [1.807, 2.05) is 4.90 Å². The van der Waals surface area contributed by atoms with Gasteiger partial charge in [-0.05, 0) is 49.6 Å². The molecule has 144 valence electrons. The second-order valence-corrected chi connectivity index (χ2v) is 6.36. The van der Waals surface area contributed by atoms with Gasteiger partial charge in [0.2, 0.25) is 0 Å². The topological polar surface area (TPSA) is 32.3 Å². The summed E-state index contributed by atoms with van der Waals surface area (Å²) in [5.74, 6) is -2.87. The molecule has 0 atom stereocenters. The Morgan fingerprint density at radius 3 is 2.30 bits per heavy atom. The van der Waals surface area contributed by atoms with E-state index in [-0.39, 0.29) is 5.69 Å². The van der Waals surface area contributed by atoms with E-state index in [4.69, 9.17) is 0 Å². The van der Waals surface area contributed by atoms with Gasteiger partial charge in [-0.2, -0.15) is 13.2 Å². The summed E-state index contributed by atoms with van der Waals surface area (Å²) in [6, 6.07) is 5.52. The molecule has 8 heteroatoms. The lowest BCUT2D eigenvalue weighted by Gasteiger charge is -2.31. The SMILES string of the molecule is O=C(Nc1cc(C(F)(F)F)ccc1N1CCCCC1)c1ccc(F)cc1F. The maximum Gasteiger partial charge on any atom is 0.416 e. The Hall–Kier alpha value is -2.64. The smallest absolute Gasteiger partial charge is 0.370 e. The Labute approximate surface area is 152 Å². The molecule has 27 heavy (non-hydrogen) atoms. The Morgan fingerprint density at radius 2 is 1.67 bits per heavy atom. The van der Waals surface area contributed by atoms with Crippen molar-refractivity contribution in [1.29, 1.82) is 0 Å². The van der Waals surface area contributed by atoms with E-state index in [9.17, 15) is 26.7 Å². The van der Waals surface area contributed by atoms with Crippen molar-refractivity contribution in [2.45, 2.75) is 25.4 Å². The summed E-state index contributed by atoms with van der Waals surface area (Å²) in [5, 5.41) is 2.35. The molecule has 1 saturated heterocycles. The fourth-order valence-corrected chi connectivity index (χ4v) is 3.09. The molecule has 1 aliphatic heterocycles. The molecule has 1 fully saturated rings. The zero-order valence-electron chi connectivity index (χ0n) is 14.2. The number of benzene rings is 2. The third-order valence-corrected chi connectivity index (χ3v) is 4.44. The molecule has 0 saturated carbocycles. The molecule has 3 rings (SSSR count). The molecule has 0 aliphatic carbocycles. The minimum absolute atomic E-state index is 0.0551. The van der Waals surface area contributed by atoms with Crippen LogP contribution < -0.4 is 10.2 Å². The van der Waals surface area contributed by atoms with E-state index in [1.165, 1.54) is 6.07 Å². The average molecular weight is 384 g/mol. The summed E-state index contributed by atoms with van der Waals surface area (Å²) in [7, 11) is 0. The van der Waals surface area contributed by atoms with Crippen molar-refractivity contribution in [3.05, 3.63) is 59.2 Å². The van der Waals surface area contributed by atoms with Gasteiger partial charge in [0.25, 0.3) is 5.91 Å². The monoisotopic (exact) mass is 384 g/mol. The van der Waals surface area contributed by atoms with E-state index < -0.39 is 34.8 Å². The molecule has 0 spiro atoms. The number of carbonyl (C=O) groups is 1. The van der Waals surface area contributed by atoms with Gasteiger partial charge in [0.1, 0.15) is 11.6 Å². The Kier molecular flexibility index (Phi) is 5.34. The number of anilines is 2. The normalized spacial score (nSPS) is 14.9. The third kappa shape index (κ3) is 4.37. The number of halogens is 5. The molecular weight excluding hydrogens is 367 g/mol. The lowest BCUT2D eigenvalue weighted by molar-refractivity contribution is -0.137. The van der Waals surface area contributed by atoms with Gasteiger partial charge >= 0.3 is 6.18 Å². The van der Waals surface area contributed by atoms with Crippen molar-refractivity contribution in [2.75, 3.05) is 23.3 Å². The van der Waals surface area contributed by atoms with Gasteiger partial charge < -0.3 is 10.2 Å². The molecule has 1 aliphatic rings. The lowest BCUT2D eigenvalue weighted by Crippen LogP contribution is -2.30. The van der Waals surface area contributed by atoms with Crippen molar-refractivity contribution < 1.29 is 26.7 Å². The van der Waals surface area contributed by atoms with Crippen LogP contribution in [0.1, 0.15) is 35.2 Å². The molecule has 1 heterocycles. The summed E-state index contributed by atoms with van der Waals surface area (Å²) in [6.07, 6.45) is -1.78. The van der Waals surface area contributed by atoms with Crippen molar-refractivity contribution in [2.24, 2.45) is 0 Å². The molecule has 0 aromatic heterocycles. The first-order valence-electron chi connectivity index (χ1n) is 8.48. The maximum atomic E-state index is 13.8. The molecule has 0 radical (unpaired) electrons. The van der Waals surface area contributed by atoms with Crippen LogP contribution in [0.25, 0.3) is 0 Å². The fourth-order valence-electron chi connectivity index (χ4n) is 3.09. The minimum atomic E-state index is -4.58. The predicted molar refractivity (Wildman–Crippen MR) is 91.8 cm³/mol. The number of carbonyl (C=O) groups excluding carboxylic acids is 1. The van der Waals surface area contributed by atoms with E-state index in [0.29, 0.717) is 24.8 Å². The summed E-state index contributed by atoms with van der Waals surface area (Å²) in [6.45, 7) is 1.30. The van der Waals surface area contributed by atoms with Crippen LogP contribution in [0.15, 0.2) is 36.4 Å². The number of piperidine rings is 1.